The second-order valence-corrected chi connectivity index (χ2v) is 7.78. The lowest BCUT2D eigenvalue weighted by molar-refractivity contribution is 0.0508. The molecule has 0 bridgehead atoms. The van der Waals surface area contributed by atoms with Crippen molar-refractivity contribution in [3.05, 3.63) is 59.7 Å². The van der Waals surface area contributed by atoms with Crippen LogP contribution in [-0.2, 0) is 17.6 Å². The molecule has 0 saturated carbocycles. The van der Waals surface area contributed by atoms with Gasteiger partial charge in [-0.3, -0.25) is 0 Å². The molecule has 5 nitrogen and oxygen atoms in total. The molecule has 2 rings (SSSR count). The molecule has 152 valence electrons. The predicted octanol–water partition coefficient (Wildman–Crippen LogP) is 4.77. The van der Waals surface area contributed by atoms with Crippen molar-refractivity contribution in [1.29, 1.82) is 0 Å². The predicted molar refractivity (Wildman–Crippen MR) is 111 cm³/mol. The molecular formula is C23H31NO4. The molecule has 1 unspecified atom stereocenters. The van der Waals surface area contributed by atoms with Crippen LogP contribution in [0.25, 0.3) is 0 Å². The van der Waals surface area contributed by atoms with Crippen LogP contribution < -0.4 is 14.8 Å². The summed E-state index contributed by atoms with van der Waals surface area (Å²) in [6.07, 6.45) is 0.996. The highest BCUT2D eigenvalue weighted by molar-refractivity contribution is 5.68. The van der Waals surface area contributed by atoms with E-state index < -0.39 is 11.7 Å². The average molecular weight is 386 g/mol. The zero-order valence-corrected chi connectivity index (χ0v) is 17.5. The molecule has 0 aliphatic rings. The number of alkyl carbamates (subject to hydrolysis) is 1. The van der Waals surface area contributed by atoms with Gasteiger partial charge in [0.2, 0.25) is 0 Å². The van der Waals surface area contributed by atoms with Crippen molar-refractivity contribution in [2.45, 2.75) is 52.2 Å². The van der Waals surface area contributed by atoms with Gasteiger partial charge >= 0.3 is 6.09 Å². The molecule has 0 aliphatic heterocycles. The first-order chi connectivity index (χ1) is 13.3. The lowest BCUT2D eigenvalue weighted by atomic mass is 10.1. The first-order valence-corrected chi connectivity index (χ1v) is 9.60. The van der Waals surface area contributed by atoms with Gasteiger partial charge in [-0.05, 0) is 45.7 Å². The van der Waals surface area contributed by atoms with Crippen LogP contribution in [0.1, 0.15) is 38.8 Å². The van der Waals surface area contributed by atoms with Crippen LogP contribution in [0, 0.1) is 0 Å². The molecule has 28 heavy (non-hydrogen) atoms. The zero-order chi connectivity index (χ0) is 20.6. The van der Waals surface area contributed by atoms with E-state index in [1.807, 2.05) is 64.1 Å². The van der Waals surface area contributed by atoms with E-state index in [4.69, 9.17) is 14.2 Å². The molecular weight excluding hydrogens is 354 g/mol. The van der Waals surface area contributed by atoms with Gasteiger partial charge in [0, 0.05) is 18.0 Å². The molecule has 5 heteroatoms. The van der Waals surface area contributed by atoms with Crippen LogP contribution >= 0.6 is 0 Å². The third-order valence-corrected chi connectivity index (χ3v) is 4.05. The maximum Gasteiger partial charge on any atom is 0.407 e. The highest BCUT2D eigenvalue weighted by Gasteiger charge is 2.19. The number of amides is 1. The third-order valence-electron chi connectivity index (χ3n) is 4.05. The summed E-state index contributed by atoms with van der Waals surface area (Å²) in [4.78, 5) is 12.0. The van der Waals surface area contributed by atoms with Crippen LogP contribution in [-0.4, -0.2) is 31.5 Å². The first-order valence-electron chi connectivity index (χ1n) is 9.60. The Labute approximate surface area is 168 Å². The Morgan fingerprint density at radius 1 is 1.07 bits per heavy atom. The molecule has 1 atom stereocenters. The number of hydrogen-bond donors (Lipinski definition) is 1. The number of rotatable bonds is 8. The standard InChI is InChI=1S/C23H31NO4/c1-17(24-22(25)28-23(2,3)4)16-19-12-9-13-20(26-5)21(19)27-15-14-18-10-7-6-8-11-18/h6-13,17H,14-16H2,1-5H3,(H,24,25). The monoisotopic (exact) mass is 385 g/mol. The summed E-state index contributed by atoms with van der Waals surface area (Å²) in [6, 6.07) is 15.9. The second-order valence-electron chi connectivity index (χ2n) is 7.78. The number of hydrogen-bond acceptors (Lipinski definition) is 4. The van der Waals surface area contributed by atoms with Gasteiger partial charge in [0.1, 0.15) is 5.60 Å². The van der Waals surface area contributed by atoms with E-state index in [2.05, 4.69) is 17.4 Å². The number of methoxy groups -OCH3 is 1. The van der Waals surface area contributed by atoms with Crippen LogP contribution in [0.3, 0.4) is 0 Å². The maximum atomic E-state index is 12.0. The Morgan fingerprint density at radius 3 is 2.43 bits per heavy atom. The summed E-state index contributed by atoms with van der Waals surface area (Å²) in [5.41, 5.74) is 1.68. The quantitative estimate of drug-likeness (QED) is 0.711. The van der Waals surface area contributed by atoms with Gasteiger partial charge in [-0.15, -0.1) is 0 Å². The van der Waals surface area contributed by atoms with Gasteiger partial charge < -0.3 is 19.5 Å². The highest BCUT2D eigenvalue weighted by atomic mass is 16.6. The van der Waals surface area contributed by atoms with Crippen molar-refractivity contribution in [2.75, 3.05) is 13.7 Å². The first kappa shape index (κ1) is 21.6. The van der Waals surface area contributed by atoms with Gasteiger partial charge in [-0.1, -0.05) is 42.5 Å². The summed E-state index contributed by atoms with van der Waals surface area (Å²) in [5, 5.41) is 2.87. The SMILES string of the molecule is COc1cccc(CC(C)NC(=O)OC(C)(C)C)c1OCCc1ccccc1. The number of para-hydroxylation sites is 1. The molecule has 0 aromatic heterocycles. The van der Waals surface area contributed by atoms with Crippen molar-refractivity contribution in [3.8, 4) is 11.5 Å². The Kier molecular flexibility index (Phi) is 7.73. The van der Waals surface area contributed by atoms with Crippen LogP contribution in [0.4, 0.5) is 4.79 Å². The number of nitrogens with one attached hydrogen (secondary N) is 1. The smallest absolute Gasteiger partial charge is 0.407 e. The van der Waals surface area contributed by atoms with Gasteiger partial charge in [-0.25, -0.2) is 4.79 Å². The number of ether oxygens (including phenoxy) is 3. The van der Waals surface area contributed by atoms with E-state index in [-0.39, 0.29) is 6.04 Å². The van der Waals surface area contributed by atoms with Gasteiger partial charge in [0.25, 0.3) is 0 Å². The summed E-state index contributed by atoms with van der Waals surface area (Å²) >= 11 is 0. The molecule has 1 amide bonds. The fraction of sp³-hybridized carbons (Fsp3) is 0.435. The zero-order valence-electron chi connectivity index (χ0n) is 17.5. The van der Waals surface area contributed by atoms with Crippen LogP contribution in [0.2, 0.25) is 0 Å². The molecule has 2 aromatic rings. The van der Waals surface area contributed by atoms with E-state index in [1.54, 1.807) is 7.11 Å². The topological polar surface area (TPSA) is 56.8 Å². The Bertz CT molecular complexity index is 753. The van der Waals surface area contributed by atoms with Gasteiger partial charge in [0.05, 0.1) is 13.7 Å². The van der Waals surface area contributed by atoms with Gasteiger partial charge in [-0.2, -0.15) is 0 Å². The summed E-state index contributed by atoms with van der Waals surface area (Å²) < 4.78 is 16.9. The molecule has 0 heterocycles. The van der Waals surface area contributed by atoms with Crippen molar-refractivity contribution >= 4 is 6.09 Å². The Balaban J connectivity index is 2.02. The second kappa shape index (κ2) is 10.0. The minimum absolute atomic E-state index is 0.113. The lowest BCUT2D eigenvalue weighted by Crippen LogP contribution is -2.38. The molecule has 0 aliphatic carbocycles. The average Bonchev–Trinajstić information content (AvgIpc) is 2.61. The van der Waals surface area contributed by atoms with Crippen LogP contribution in [0.5, 0.6) is 11.5 Å². The Morgan fingerprint density at radius 2 is 1.79 bits per heavy atom. The number of carbonyl (C=O) groups is 1. The third kappa shape index (κ3) is 7.14. The molecule has 0 spiro atoms. The molecule has 0 saturated heterocycles. The van der Waals surface area contributed by atoms with E-state index in [0.29, 0.717) is 18.8 Å². The number of benzene rings is 2. The fourth-order valence-electron chi connectivity index (χ4n) is 2.85. The molecule has 1 N–H and O–H groups in total. The molecule has 0 radical (unpaired) electrons. The van der Waals surface area contributed by atoms with Gasteiger partial charge in [0.15, 0.2) is 11.5 Å². The summed E-state index contributed by atoms with van der Waals surface area (Å²) in [6.45, 7) is 8.02. The summed E-state index contributed by atoms with van der Waals surface area (Å²) in [7, 11) is 1.63. The minimum Gasteiger partial charge on any atom is -0.493 e. The number of carbonyl (C=O) groups excluding carboxylic acids is 1. The molecule has 0 fully saturated rings. The maximum absolute atomic E-state index is 12.0. The lowest BCUT2D eigenvalue weighted by Gasteiger charge is -2.22. The highest BCUT2D eigenvalue weighted by Crippen LogP contribution is 2.32. The molecule has 2 aromatic carbocycles. The van der Waals surface area contributed by atoms with E-state index in [0.717, 1.165) is 17.7 Å². The largest absolute Gasteiger partial charge is 0.493 e. The van der Waals surface area contributed by atoms with Crippen molar-refractivity contribution in [3.63, 3.8) is 0 Å². The Hall–Kier alpha value is -2.69. The van der Waals surface area contributed by atoms with E-state index in [9.17, 15) is 4.79 Å². The minimum atomic E-state index is -0.522. The normalized spacial score (nSPS) is 12.2. The fourth-order valence-corrected chi connectivity index (χ4v) is 2.85. The summed E-state index contributed by atoms with van der Waals surface area (Å²) in [5.74, 6) is 1.41. The van der Waals surface area contributed by atoms with E-state index >= 15 is 0 Å². The van der Waals surface area contributed by atoms with Crippen molar-refractivity contribution < 1.29 is 19.0 Å². The van der Waals surface area contributed by atoms with Crippen molar-refractivity contribution in [1.82, 2.24) is 5.32 Å². The van der Waals surface area contributed by atoms with E-state index in [1.165, 1.54) is 5.56 Å². The van der Waals surface area contributed by atoms with Crippen molar-refractivity contribution in [2.24, 2.45) is 0 Å². The van der Waals surface area contributed by atoms with Crippen LogP contribution in [0.15, 0.2) is 48.5 Å².